The molecule has 1 aromatic rings. The molecular formula is C23H28NO7S-. The summed E-state index contributed by atoms with van der Waals surface area (Å²) in [6, 6.07) is 5.60. The van der Waals surface area contributed by atoms with Crippen LogP contribution in [0.4, 0.5) is 5.69 Å². The smallest absolute Gasteiger partial charge is 0.303 e. The van der Waals surface area contributed by atoms with Crippen molar-refractivity contribution in [2.75, 3.05) is 18.0 Å². The summed E-state index contributed by atoms with van der Waals surface area (Å²) in [6.07, 6.45) is 4.11. The fraction of sp³-hybridized carbons (Fsp3) is 0.478. The highest BCUT2D eigenvalue weighted by molar-refractivity contribution is 7.90. The van der Waals surface area contributed by atoms with E-state index in [1.54, 1.807) is 12.1 Å². The Balaban J connectivity index is 1.91. The van der Waals surface area contributed by atoms with E-state index in [-0.39, 0.29) is 18.6 Å². The first-order valence-electron chi connectivity index (χ1n) is 10.7. The van der Waals surface area contributed by atoms with Crippen LogP contribution in [0.25, 0.3) is 6.08 Å². The molecule has 1 aliphatic heterocycles. The van der Waals surface area contributed by atoms with Crippen molar-refractivity contribution >= 4 is 33.6 Å². The zero-order valence-corrected chi connectivity index (χ0v) is 19.3. The second-order valence-electron chi connectivity index (χ2n) is 8.76. The molecule has 8 nitrogen and oxygen atoms in total. The number of rotatable bonds is 9. The number of carbonyl (C=O) groups is 2. The van der Waals surface area contributed by atoms with Gasteiger partial charge in [0, 0.05) is 54.2 Å². The van der Waals surface area contributed by atoms with Gasteiger partial charge in [-0.2, -0.15) is 0 Å². The molecule has 174 valence electrons. The molecule has 0 saturated heterocycles. The molecule has 9 heteroatoms. The predicted molar refractivity (Wildman–Crippen MR) is 119 cm³/mol. The first kappa shape index (κ1) is 24.0. The fourth-order valence-electron chi connectivity index (χ4n) is 4.17. The van der Waals surface area contributed by atoms with Crippen LogP contribution in [0.15, 0.2) is 34.4 Å². The maximum atomic E-state index is 12.5. The lowest BCUT2D eigenvalue weighted by Gasteiger charge is -2.37. The summed E-state index contributed by atoms with van der Waals surface area (Å²) in [7, 11) is -4.99. The molecule has 0 fully saturated rings. The van der Waals surface area contributed by atoms with Crippen molar-refractivity contribution in [3.8, 4) is 5.75 Å². The predicted octanol–water partition coefficient (Wildman–Crippen LogP) is 3.69. The van der Waals surface area contributed by atoms with Gasteiger partial charge in [-0.15, -0.1) is 0 Å². The van der Waals surface area contributed by atoms with Crippen LogP contribution in [-0.2, 0) is 19.7 Å². The topological polar surface area (TPSA) is 124 Å². The minimum absolute atomic E-state index is 0.0819. The number of aliphatic carboxylic acids is 1. The highest BCUT2D eigenvalue weighted by atomic mass is 32.2. The number of hydrogen-bond donors (Lipinski definition) is 1. The number of fused-ring (bicyclic) bond motifs is 2. The number of unbranched alkanes of at least 4 members (excludes halogenated alkanes) is 2. The Morgan fingerprint density at radius 2 is 1.97 bits per heavy atom. The lowest BCUT2D eigenvalue weighted by Crippen LogP contribution is -2.34. The minimum Gasteiger partial charge on any atom is -0.744 e. The summed E-state index contributed by atoms with van der Waals surface area (Å²) < 4.78 is 41.4. The number of hydrogen-bond acceptors (Lipinski definition) is 7. The van der Waals surface area contributed by atoms with E-state index in [0.29, 0.717) is 24.3 Å². The zero-order valence-electron chi connectivity index (χ0n) is 18.5. The van der Waals surface area contributed by atoms with Crippen LogP contribution in [-0.4, -0.2) is 42.9 Å². The summed E-state index contributed by atoms with van der Waals surface area (Å²) in [6.45, 7) is 7.08. The van der Waals surface area contributed by atoms with Gasteiger partial charge in [0.1, 0.15) is 20.8 Å². The van der Waals surface area contributed by atoms with E-state index in [9.17, 15) is 22.6 Å². The molecule has 0 radical (unpaired) electrons. The highest BCUT2D eigenvalue weighted by Crippen LogP contribution is 2.48. The van der Waals surface area contributed by atoms with E-state index in [0.717, 1.165) is 30.6 Å². The van der Waals surface area contributed by atoms with Crippen LogP contribution in [0, 0.1) is 5.41 Å². The van der Waals surface area contributed by atoms with Gasteiger partial charge in [-0.25, -0.2) is 8.42 Å². The van der Waals surface area contributed by atoms with Crippen LogP contribution in [0.2, 0.25) is 0 Å². The summed E-state index contributed by atoms with van der Waals surface area (Å²) in [4.78, 5) is 24.4. The summed E-state index contributed by atoms with van der Waals surface area (Å²) in [5, 5.41) is 8.75. The van der Waals surface area contributed by atoms with Gasteiger partial charge in [-0.05, 0) is 38.0 Å². The Kier molecular flexibility index (Phi) is 6.80. The van der Waals surface area contributed by atoms with Crippen molar-refractivity contribution in [2.24, 2.45) is 5.41 Å². The number of allylic oxidation sites excluding steroid dienone is 2. The summed E-state index contributed by atoms with van der Waals surface area (Å²) in [5.74, 6) is -1.30. The number of benzene rings is 1. The van der Waals surface area contributed by atoms with Gasteiger partial charge in [-0.3, -0.25) is 9.59 Å². The van der Waals surface area contributed by atoms with E-state index >= 15 is 0 Å². The van der Waals surface area contributed by atoms with Gasteiger partial charge in [-0.1, -0.05) is 20.3 Å². The van der Waals surface area contributed by atoms with Crippen LogP contribution in [0.5, 0.6) is 5.75 Å². The Hall–Kier alpha value is -2.65. The van der Waals surface area contributed by atoms with Crippen molar-refractivity contribution in [1.29, 1.82) is 0 Å². The maximum absolute atomic E-state index is 12.5. The molecule has 0 bridgehead atoms. The molecule has 1 N–H and O–H groups in total. The van der Waals surface area contributed by atoms with Gasteiger partial charge >= 0.3 is 5.97 Å². The summed E-state index contributed by atoms with van der Waals surface area (Å²) >= 11 is 0. The molecule has 0 amide bonds. The van der Waals surface area contributed by atoms with E-state index in [1.165, 1.54) is 0 Å². The van der Waals surface area contributed by atoms with Gasteiger partial charge in [0.2, 0.25) is 0 Å². The van der Waals surface area contributed by atoms with Crippen LogP contribution in [0.1, 0.15) is 58.4 Å². The second kappa shape index (κ2) is 9.07. The number of Topliss-reactive ketones (excluding diaryl/α,β-unsaturated/α-hetero) is 1. The van der Waals surface area contributed by atoms with Crippen molar-refractivity contribution in [1.82, 2.24) is 0 Å². The minimum atomic E-state index is -4.99. The molecule has 0 spiro atoms. The highest BCUT2D eigenvalue weighted by Gasteiger charge is 2.42. The number of ketones is 1. The number of carboxylic acid groups (broad SMARTS) is 1. The first-order chi connectivity index (χ1) is 14.9. The quantitative estimate of drug-likeness (QED) is 0.435. The third-order valence-electron chi connectivity index (χ3n) is 5.86. The standard InChI is InChI=1S/C23H29NO7S/c1-4-24(11-7-5-6-8-20(26)27)16-10-9-15-12-17-21(31-19(15)13-16)22(32(28,29)30)18(25)14-23(17,2)3/h9-10,12-13H,4-8,11,14H2,1-3H3,(H,26,27)(H,28,29,30)/p-1. The normalized spacial score (nSPS) is 17.2. The third kappa shape index (κ3) is 5.05. The average molecular weight is 463 g/mol. The van der Waals surface area contributed by atoms with Crippen molar-refractivity contribution < 1.29 is 32.4 Å². The lowest BCUT2D eigenvalue weighted by molar-refractivity contribution is -0.137. The number of carbonyl (C=O) groups excluding carboxylic acids is 1. The molecular weight excluding hydrogens is 434 g/mol. The first-order valence-corrected chi connectivity index (χ1v) is 12.1. The van der Waals surface area contributed by atoms with Gasteiger partial charge in [0.05, 0.1) is 0 Å². The maximum Gasteiger partial charge on any atom is 0.303 e. The fourth-order valence-corrected chi connectivity index (χ4v) is 4.90. The monoisotopic (exact) mass is 462 g/mol. The van der Waals surface area contributed by atoms with Gasteiger partial charge in [0.15, 0.2) is 11.5 Å². The molecule has 0 atom stereocenters. The molecule has 1 aromatic carbocycles. The van der Waals surface area contributed by atoms with E-state index in [4.69, 9.17) is 9.84 Å². The zero-order chi connectivity index (χ0) is 23.7. The molecule has 0 saturated carbocycles. The number of carboxylic acids is 1. The molecule has 0 unspecified atom stereocenters. The van der Waals surface area contributed by atoms with E-state index in [1.807, 2.05) is 32.9 Å². The van der Waals surface area contributed by atoms with E-state index in [2.05, 4.69) is 4.90 Å². The Morgan fingerprint density at radius 1 is 1.25 bits per heavy atom. The van der Waals surface area contributed by atoms with Crippen LogP contribution < -0.4 is 9.64 Å². The SMILES string of the molecule is CCN(CCCCCC(=O)O)c1ccc2c(c1)OC1=C(S(=O)(=O)[O-])C(=O)CC(C)(C)C1=C2. The average Bonchev–Trinajstić information content (AvgIpc) is 2.67. The lowest BCUT2D eigenvalue weighted by atomic mass is 9.73. The Bertz CT molecular complexity index is 1100. The van der Waals surface area contributed by atoms with Gasteiger partial charge < -0.3 is 19.3 Å². The second-order valence-corrected chi connectivity index (χ2v) is 10.1. The van der Waals surface area contributed by atoms with Crippen molar-refractivity contribution in [3.05, 3.63) is 40.0 Å². The van der Waals surface area contributed by atoms with Crippen molar-refractivity contribution in [2.45, 2.75) is 52.9 Å². The van der Waals surface area contributed by atoms with Crippen molar-refractivity contribution in [3.63, 3.8) is 0 Å². The van der Waals surface area contributed by atoms with Crippen LogP contribution in [0.3, 0.4) is 0 Å². The summed E-state index contributed by atoms with van der Waals surface area (Å²) in [5.41, 5.74) is 1.46. The van der Waals surface area contributed by atoms with Gasteiger partial charge in [0.25, 0.3) is 0 Å². The molecule has 1 aliphatic carbocycles. The number of nitrogens with zero attached hydrogens (tertiary/aromatic N) is 1. The third-order valence-corrected chi connectivity index (χ3v) is 6.77. The Morgan fingerprint density at radius 3 is 2.59 bits per heavy atom. The molecule has 2 aliphatic rings. The molecule has 0 aromatic heterocycles. The van der Waals surface area contributed by atoms with Crippen LogP contribution >= 0.6 is 0 Å². The molecule has 3 rings (SSSR count). The number of ether oxygens (including phenoxy) is 1. The van der Waals surface area contributed by atoms with E-state index < -0.39 is 32.2 Å². The number of anilines is 1. The molecule has 1 heterocycles. The largest absolute Gasteiger partial charge is 0.744 e. The Labute approximate surface area is 188 Å². The molecule has 32 heavy (non-hydrogen) atoms.